The smallest absolute Gasteiger partial charge is 0.340 e. The summed E-state index contributed by atoms with van der Waals surface area (Å²) in [5.41, 5.74) is 1.22. The van der Waals surface area contributed by atoms with Crippen LogP contribution in [-0.2, 0) is 11.3 Å². The Hall–Kier alpha value is -2.12. The maximum Gasteiger partial charge on any atom is 0.340 e. The van der Waals surface area contributed by atoms with Crippen molar-refractivity contribution in [2.24, 2.45) is 0 Å². The molecule has 3 aromatic rings. The minimum Gasteiger partial charge on any atom is -0.454 e. The van der Waals surface area contributed by atoms with E-state index in [1.807, 2.05) is 6.07 Å². The topological polar surface area (TPSA) is 81.0 Å². The minimum atomic E-state index is -0.441. The van der Waals surface area contributed by atoms with E-state index in [9.17, 15) is 4.79 Å². The van der Waals surface area contributed by atoms with E-state index >= 15 is 0 Å². The van der Waals surface area contributed by atoms with Gasteiger partial charge in [0.15, 0.2) is 6.61 Å². The molecule has 8 heteroatoms. The van der Waals surface area contributed by atoms with Gasteiger partial charge in [-0.05, 0) is 25.0 Å². The molecule has 0 aromatic carbocycles. The lowest BCUT2D eigenvalue weighted by Crippen LogP contribution is -2.06. The summed E-state index contributed by atoms with van der Waals surface area (Å²) in [5.74, 6) is 0.957. The Labute approximate surface area is 140 Å². The molecule has 1 aliphatic carbocycles. The Morgan fingerprint density at radius 2 is 2.30 bits per heavy atom. The highest BCUT2D eigenvalue weighted by Gasteiger charge is 2.29. The monoisotopic (exact) mass is 349 g/mol. The average Bonchev–Trinajstić information content (AvgIpc) is 2.96. The van der Waals surface area contributed by atoms with E-state index < -0.39 is 5.97 Å². The molecule has 0 aliphatic heterocycles. The number of thiophene rings is 1. The molecular formula is C15H12ClN3O3S. The van der Waals surface area contributed by atoms with Crippen LogP contribution in [0, 0.1) is 0 Å². The van der Waals surface area contributed by atoms with Crippen LogP contribution in [-0.4, -0.2) is 21.1 Å². The summed E-state index contributed by atoms with van der Waals surface area (Å²) < 4.78 is 11.1. The fourth-order valence-corrected chi connectivity index (χ4v) is 3.30. The number of carbonyl (C=O) groups excluding carboxylic acids is 1. The van der Waals surface area contributed by atoms with Gasteiger partial charge in [-0.15, -0.1) is 11.3 Å². The standard InChI is InChI=1S/C15H12ClN3O3S/c16-12-4-3-11(23-12)9-5-17-6-10(9)15(20)21-7-13-18-14(22-19-13)8-1-2-8/h3-6,8,17H,1-2,7H2. The maximum absolute atomic E-state index is 12.3. The number of hydrogen-bond donors (Lipinski definition) is 1. The van der Waals surface area contributed by atoms with Crippen molar-refractivity contribution in [2.45, 2.75) is 25.4 Å². The van der Waals surface area contributed by atoms with Crippen LogP contribution in [0.4, 0.5) is 0 Å². The lowest BCUT2D eigenvalue weighted by molar-refractivity contribution is 0.0461. The predicted octanol–water partition coefficient (Wildman–Crippen LogP) is 4.01. The third-order valence-electron chi connectivity index (χ3n) is 3.55. The zero-order valence-corrected chi connectivity index (χ0v) is 13.5. The lowest BCUT2D eigenvalue weighted by atomic mass is 10.2. The van der Waals surface area contributed by atoms with Gasteiger partial charge in [0.1, 0.15) is 0 Å². The molecular weight excluding hydrogens is 338 g/mol. The van der Waals surface area contributed by atoms with Gasteiger partial charge in [-0.25, -0.2) is 4.79 Å². The number of H-pyrrole nitrogens is 1. The van der Waals surface area contributed by atoms with Crippen LogP contribution in [0.1, 0.15) is 40.8 Å². The Balaban J connectivity index is 1.45. The molecule has 3 aromatic heterocycles. The van der Waals surface area contributed by atoms with Crippen molar-refractivity contribution in [1.82, 2.24) is 15.1 Å². The Kier molecular flexibility index (Phi) is 3.66. The normalized spacial score (nSPS) is 14.1. The van der Waals surface area contributed by atoms with Crippen LogP contribution >= 0.6 is 22.9 Å². The highest BCUT2D eigenvalue weighted by molar-refractivity contribution is 7.19. The fraction of sp³-hybridized carbons (Fsp3) is 0.267. The van der Waals surface area contributed by atoms with Crippen molar-refractivity contribution in [1.29, 1.82) is 0 Å². The molecule has 0 saturated heterocycles. The molecule has 118 valence electrons. The van der Waals surface area contributed by atoms with Crippen molar-refractivity contribution in [3.8, 4) is 10.4 Å². The van der Waals surface area contributed by atoms with E-state index in [1.165, 1.54) is 11.3 Å². The molecule has 4 rings (SSSR count). The van der Waals surface area contributed by atoms with Crippen molar-refractivity contribution < 1.29 is 14.1 Å². The van der Waals surface area contributed by atoms with Crippen LogP contribution in [0.5, 0.6) is 0 Å². The van der Waals surface area contributed by atoms with E-state index in [-0.39, 0.29) is 6.61 Å². The number of nitrogens with one attached hydrogen (secondary N) is 1. The minimum absolute atomic E-state index is 0.00906. The summed E-state index contributed by atoms with van der Waals surface area (Å²) in [7, 11) is 0. The molecule has 0 spiro atoms. The highest BCUT2D eigenvalue weighted by Crippen LogP contribution is 2.39. The van der Waals surface area contributed by atoms with Crippen LogP contribution < -0.4 is 0 Å². The third kappa shape index (κ3) is 3.02. The van der Waals surface area contributed by atoms with Crippen molar-refractivity contribution in [3.63, 3.8) is 0 Å². The molecule has 23 heavy (non-hydrogen) atoms. The van der Waals surface area contributed by atoms with Gasteiger partial charge in [-0.1, -0.05) is 16.8 Å². The molecule has 1 saturated carbocycles. The lowest BCUT2D eigenvalue weighted by Gasteiger charge is -2.02. The summed E-state index contributed by atoms with van der Waals surface area (Å²) in [6.07, 6.45) is 5.52. The molecule has 1 fully saturated rings. The van der Waals surface area contributed by atoms with Crippen LogP contribution in [0.2, 0.25) is 4.34 Å². The molecule has 1 N–H and O–H groups in total. The first-order valence-corrected chi connectivity index (χ1v) is 8.32. The van der Waals surface area contributed by atoms with Gasteiger partial charge in [-0.3, -0.25) is 0 Å². The Morgan fingerprint density at radius 1 is 1.43 bits per heavy atom. The Morgan fingerprint density at radius 3 is 3.04 bits per heavy atom. The molecule has 0 unspecified atom stereocenters. The summed E-state index contributed by atoms with van der Waals surface area (Å²) in [6, 6.07) is 3.66. The van der Waals surface area contributed by atoms with E-state index in [2.05, 4.69) is 15.1 Å². The second-order valence-corrected chi connectivity index (χ2v) is 7.00. The zero-order valence-electron chi connectivity index (χ0n) is 11.9. The number of carbonyl (C=O) groups is 1. The van der Waals surface area contributed by atoms with Gasteiger partial charge in [0.2, 0.25) is 11.7 Å². The quantitative estimate of drug-likeness (QED) is 0.704. The van der Waals surface area contributed by atoms with Crippen molar-refractivity contribution in [2.75, 3.05) is 0 Å². The molecule has 6 nitrogen and oxygen atoms in total. The van der Waals surface area contributed by atoms with Gasteiger partial charge < -0.3 is 14.2 Å². The number of aromatic nitrogens is 3. The first kappa shape index (κ1) is 14.5. The SMILES string of the molecule is O=C(OCc1noc(C2CC2)n1)c1c[nH]cc1-c1ccc(Cl)s1. The number of esters is 1. The Bertz CT molecular complexity index is 850. The molecule has 0 bridgehead atoms. The summed E-state index contributed by atoms with van der Waals surface area (Å²) in [6.45, 7) is -0.00906. The highest BCUT2D eigenvalue weighted by atomic mass is 35.5. The summed E-state index contributed by atoms with van der Waals surface area (Å²) >= 11 is 7.35. The number of aromatic amines is 1. The summed E-state index contributed by atoms with van der Waals surface area (Å²) in [4.78, 5) is 20.3. The van der Waals surface area contributed by atoms with E-state index in [0.717, 1.165) is 23.3 Å². The summed E-state index contributed by atoms with van der Waals surface area (Å²) in [5, 5.41) is 3.83. The molecule has 0 radical (unpaired) electrons. The fourth-order valence-electron chi connectivity index (χ4n) is 2.23. The van der Waals surface area contributed by atoms with Gasteiger partial charge in [0.25, 0.3) is 0 Å². The van der Waals surface area contributed by atoms with Crippen LogP contribution in [0.3, 0.4) is 0 Å². The van der Waals surface area contributed by atoms with Crippen molar-refractivity contribution in [3.05, 3.63) is 46.1 Å². The first-order chi connectivity index (χ1) is 11.2. The molecule has 0 atom stereocenters. The van der Waals surface area contributed by atoms with Crippen LogP contribution in [0.15, 0.2) is 29.0 Å². The average molecular weight is 350 g/mol. The zero-order chi connectivity index (χ0) is 15.8. The predicted molar refractivity (Wildman–Crippen MR) is 84.5 cm³/mol. The van der Waals surface area contributed by atoms with E-state index in [4.69, 9.17) is 20.9 Å². The number of nitrogens with zero attached hydrogens (tertiary/aromatic N) is 2. The van der Waals surface area contributed by atoms with E-state index in [1.54, 1.807) is 18.5 Å². The van der Waals surface area contributed by atoms with Gasteiger partial charge in [-0.2, -0.15) is 4.98 Å². The van der Waals surface area contributed by atoms with Crippen molar-refractivity contribution >= 4 is 28.9 Å². The number of ether oxygens (including phenoxy) is 1. The second-order valence-electron chi connectivity index (χ2n) is 5.29. The molecule has 3 heterocycles. The van der Waals surface area contributed by atoms with Gasteiger partial charge >= 0.3 is 5.97 Å². The first-order valence-electron chi connectivity index (χ1n) is 7.13. The third-order valence-corrected chi connectivity index (χ3v) is 4.81. The molecule has 0 amide bonds. The number of halogens is 1. The largest absolute Gasteiger partial charge is 0.454 e. The number of hydrogen-bond acceptors (Lipinski definition) is 6. The maximum atomic E-state index is 12.3. The van der Waals surface area contributed by atoms with Gasteiger partial charge in [0, 0.05) is 28.8 Å². The van der Waals surface area contributed by atoms with Crippen LogP contribution in [0.25, 0.3) is 10.4 Å². The second kappa shape index (κ2) is 5.82. The molecule has 1 aliphatic rings. The number of rotatable bonds is 5. The van der Waals surface area contributed by atoms with Gasteiger partial charge in [0.05, 0.1) is 9.90 Å². The van der Waals surface area contributed by atoms with E-state index in [0.29, 0.717) is 27.5 Å².